The minimum absolute atomic E-state index is 0.0329. The van der Waals surface area contributed by atoms with Gasteiger partial charge in [-0.05, 0) is 55.5 Å². The zero-order chi connectivity index (χ0) is 17.7. The molecule has 25 heavy (non-hydrogen) atoms. The van der Waals surface area contributed by atoms with Crippen molar-refractivity contribution in [2.45, 2.75) is 32.2 Å². The molecule has 134 valence electrons. The van der Waals surface area contributed by atoms with E-state index < -0.39 is 0 Å². The van der Waals surface area contributed by atoms with Gasteiger partial charge in [-0.2, -0.15) is 0 Å². The number of aryl methyl sites for hydroxylation is 1. The van der Waals surface area contributed by atoms with E-state index in [0.29, 0.717) is 5.02 Å². The highest BCUT2D eigenvalue weighted by Gasteiger charge is 2.34. The minimum atomic E-state index is -0.0329. The van der Waals surface area contributed by atoms with E-state index in [-0.39, 0.29) is 17.8 Å². The maximum Gasteiger partial charge on any atom is 0.134 e. The second kappa shape index (κ2) is 8.22. The van der Waals surface area contributed by atoms with Crippen LogP contribution in [-0.4, -0.2) is 34.8 Å². The first-order chi connectivity index (χ1) is 12.1. The third-order valence-electron chi connectivity index (χ3n) is 5.28. The van der Waals surface area contributed by atoms with Crippen LogP contribution < -0.4 is 0 Å². The zero-order valence-electron chi connectivity index (χ0n) is 14.5. The quantitative estimate of drug-likeness (QED) is 0.810. The standard InChI is InChI=1S/C21H26ClNO2/c22-19-13-18(7-8-20(19)25)14-23-12-4-10-21(15-23,16-24)11-9-17-5-2-1-3-6-17/h1-3,5-8,13,24-25H,4,9-12,14-16H2. The Labute approximate surface area is 154 Å². The van der Waals surface area contributed by atoms with Crippen molar-refractivity contribution in [1.29, 1.82) is 0 Å². The molecule has 0 spiro atoms. The number of aliphatic hydroxyl groups excluding tert-OH is 1. The minimum Gasteiger partial charge on any atom is -0.506 e. The molecule has 1 atom stereocenters. The number of hydrogen-bond donors (Lipinski definition) is 2. The molecule has 2 aromatic carbocycles. The molecule has 2 N–H and O–H groups in total. The highest BCUT2D eigenvalue weighted by molar-refractivity contribution is 6.32. The lowest BCUT2D eigenvalue weighted by Gasteiger charge is -2.42. The number of piperidine rings is 1. The number of rotatable bonds is 6. The van der Waals surface area contributed by atoms with Crippen LogP contribution in [0.4, 0.5) is 0 Å². The van der Waals surface area contributed by atoms with Crippen molar-refractivity contribution in [2.75, 3.05) is 19.7 Å². The number of phenols is 1. The van der Waals surface area contributed by atoms with Gasteiger partial charge in [0.15, 0.2) is 0 Å². The number of phenolic OH excluding ortho intramolecular Hbond substituents is 1. The Bertz CT molecular complexity index is 692. The van der Waals surface area contributed by atoms with Gasteiger partial charge in [0.25, 0.3) is 0 Å². The third-order valence-corrected chi connectivity index (χ3v) is 5.58. The van der Waals surface area contributed by atoms with E-state index in [4.69, 9.17) is 11.6 Å². The predicted octanol–water partition coefficient (Wildman–Crippen LogP) is 4.25. The van der Waals surface area contributed by atoms with Gasteiger partial charge in [-0.1, -0.05) is 48.0 Å². The largest absolute Gasteiger partial charge is 0.506 e. The molecule has 0 saturated carbocycles. The number of likely N-dealkylation sites (tertiary alicyclic amines) is 1. The van der Waals surface area contributed by atoms with E-state index in [0.717, 1.165) is 50.9 Å². The summed E-state index contributed by atoms with van der Waals surface area (Å²) in [7, 11) is 0. The van der Waals surface area contributed by atoms with Gasteiger partial charge < -0.3 is 10.2 Å². The van der Waals surface area contributed by atoms with E-state index in [1.165, 1.54) is 5.56 Å². The van der Waals surface area contributed by atoms with Crippen molar-refractivity contribution < 1.29 is 10.2 Å². The number of aromatic hydroxyl groups is 1. The first-order valence-electron chi connectivity index (χ1n) is 8.95. The Hall–Kier alpha value is -1.55. The molecule has 1 unspecified atom stereocenters. The second-order valence-corrected chi connectivity index (χ2v) is 7.65. The molecule has 1 aliphatic heterocycles. The highest BCUT2D eigenvalue weighted by atomic mass is 35.5. The van der Waals surface area contributed by atoms with Crippen LogP contribution in [0, 0.1) is 5.41 Å². The van der Waals surface area contributed by atoms with Crippen LogP contribution in [0.5, 0.6) is 5.75 Å². The van der Waals surface area contributed by atoms with Crippen molar-refractivity contribution >= 4 is 11.6 Å². The van der Waals surface area contributed by atoms with Crippen LogP contribution in [0.1, 0.15) is 30.4 Å². The predicted molar refractivity (Wildman–Crippen MR) is 102 cm³/mol. The van der Waals surface area contributed by atoms with Crippen molar-refractivity contribution in [3.63, 3.8) is 0 Å². The molecule has 0 bridgehead atoms. The lowest BCUT2D eigenvalue weighted by atomic mass is 9.76. The molecular formula is C21H26ClNO2. The monoisotopic (exact) mass is 359 g/mol. The molecular weight excluding hydrogens is 334 g/mol. The van der Waals surface area contributed by atoms with E-state index in [2.05, 4.69) is 29.2 Å². The highest BCUT2D eigenvalue weighted by Crippen LogP contribution is 2.35. The second-order valence-electron chi connectivity index (χ2n) is 7.24. The molecule has 1 heterocycles. The fourth-order valence-electron chi connectivity index (χ4n) is 3.82. The molecule has 4 heteroatoms. The number of halogens is 1. The van der Waals surface area contributed by atoms with Crippen LogP contribution in [0.25, 0.3) is 0 Å². The van der Waals surface area contributed by atoms with Crippen molar-refractivity contribution in [2.24, 2.45) is 5.41 Å². The Kier molecular flexibility index (Phi) is 6.00. The molecule has 0 aliphatic carbocycles. The van der Waals surface area contributed by atoms with Crippen molar-refractivity contribution in [1.82, 2.24) is 4.90 Å². The molecule has 1 fully saturated rings. The number of hydrogen-bond acceptors (Lipinski definition) is 3. The van der Waals surface area contributed by atoms with Gasteiger partial charge >= 0.3 is 0 Å². The van der Waals surface area contributed by atoms with Gasteiger partial charge in [0.05, 0.1) is 5.02 Å². The Morgan fingerprint density at radius 2 is 1.88 bits per heavy atom. The molecule has 3 nitrogen and oxygen atoms in total. The summed E-state index contributed by atoms with van der Waals surface area (Å²) in [6, 6.07) is 15.9. The summed E-state index contributed by atoms with van der Waals surface area (Å²) in [6.07, 6.45) is 4.17. The van der Waals surface area contributed by atoms with E-state index >= 15 is 0 Å². The fraction of sp³-hybridized carbons (Fsp3) is 0.429. The third kappa shape index (κ3) is 4.75. The zero-order valence-corrected chi connectivity index (χ0v) is 15.3. The lowest BCUT2D eigenvalue weighted by molar-refractivity contribution is 0.0224. The Morgan fingerprint density at radius 1 is 1.08 bits per heavy atom. The molecule has 1 saturated heterocycles. The van der Waals surface area contributed by atoms with Gasteiger partial charge in [-0.3, -0.25) is 4.90 Å². The Balaban J connectivity index is 1.64. The summed E-state index contributed by atoms with van der Waals surface area (Å²) in [5, 5.41) is 20.1. The summed E-state index contributed by atoms with van der Waals surface area (Å²) in [4.78, 5) is 2.40. The normalized spacial score (nSPS) is 21.4. The van der Waals surface area contributed by atoms with E-state index in [1.807, 2.05) is 18.2 Å². The molecule has 0 radical (unpaired) electrons. The van der Waals surface area contributed by atoms with Gasteiger partial charge in [0.2, 0.25) is 0 Å². The Morgan fingerprint density at radius 3 is 2.60 bits per heavy atom. The molecule has 3 rings (SSSR count). The maximum atomic E-state index is 10.1. The number of aliphatic hydroxyl groups is 1. The molecule has 0 amide bonds. The van der Waals surface area contributed by atoms with Crippen molar-refractivity contribution in [3.05, 3.63) is 64.7 Å². The average Bonchev–Trinajstić information content (AvgIpc) is 2.64. The van der Waals surface area contributed by atoms with Crippen LogP contribution >= 0.6 is 11.6 Å². The summed E-state index contributed by atoms with van der Waals surface area (Å²) < 4.78 is 0. The van der Waals surface area contributed by atoms with Gasteiger partial charge in [-0.15, -0.1) is 0 Å². The molecule has 1 aliphatic rings. The van der Waals surface area contributed by atoms with Crippen LogP contribution in [0.3, 0.4) is 0 Å². The van der Waals surface area contributed by atoms with Crippen LogP contribution in [-0.2, 0) is 13.0 Å². The maximum absolute atomic E-state index is 10.1. The van der Waals surface area contributed by atoms with Crippen molar-refractivity contribution in [3.8, 4) is 5.75 Å². The number of benzene rings is 2. The van der Waals surface area contributed by atoms with Crippen LogP contribution in [0.15, 0.2) is 48.5 Å². The van der Waals surface area contributed by atoms with Crippen LogP contribution in [0.2, 0.25) is 5.02 Å². The molecule has 0 aromatic heterocycles. The van der Waals surface area contributed by atoms with E-state index in [9.17, 15) is 10.2 Å². The molecule has 2 aromatic rings. The summed E-state index contributed by atoms with van der Waals surface area (Å²) in [6.45, 7) is 2.96. The summed E-state index contributed by atoms with van der Waals surface area (Å²) in [5.41, 5.74) is 2.40. The summed E-state index contributed by atoms with van der Waals surface area (Å²) in [5.74, 6) is 0.122. The van der Waals surface area contributed by atoms with Gasteiger partial charge in [0.1, 0.15) is 5.75 Å². The first kappa shape index (κ1) is 18.2. The topological polar surface area (TPSA) is 43.7 Å². The van der Waals surface area contributed by atoms with E-state index in [1.54, 1.807) is 6.07 Å². The smallest absolute Gasteiger partial charge is 0.134 e. The number of nitrogens with zero attached hydrogens (tertiary/aromatic N) is 1. The fourth-order valence-corrected chi connectivity index (χ4v) is 4.02. The average molecular weight is 360 g/mol. The SMILES string of the molecule is OCC1(CCc2ccccc2)CCCN(Cc2ccc(O)c(Cl)c2)C1. The lowest BCUT2D eigenvalue weighted by Crippen LogP contribution is -2.45. The van der Waals surface area contributed by atoms with Gasteiger partial charge in [-0.25, -0.2) is 0 Å². The first-order valence-corrected chi connectivity index (χ1v) is 9.33. The summed E-state index contributed by atoms with van der Waals surface area (Å²) >= 11 is 6.02. The van der Waals surface area contributed by atoms with Gasteiger partial charge in [0, 0.05) is 25.1 Å².